The molecule has 0 aliphatic carbocycles. The van der Waals surface area contributed by atoms with Crippen molar-refractivity contribution < 1.29 is 42.8 Å². The second-order valence-corrected chi connectivity index (χ2v) is 6.49. The number of carbonyl (C=O) groups is 3. The Morgan fingerprint density at radius 1 is 0.897 bits per heavy atom. The summed E-state index contributed by atoms with van der Waals surface area (Å²) in [5.74, 6) is -1.68. The van der Waals surface area contributed by atoms with Gasteiger partial charge in [0.25, 0.3) is 0 Å². The van der Waals surface area contributed by atoms with Gasteiger partial charge in [-0.15, -0.1) is 0 Å². The molecule has 160 valence electrons. The maximum Gasteiger partial charge on any atom is 0.303 e. The van der Waals surface area contributed by atoms with Crippen LogP contribution >= 0.6 is 0 Å². The van der Waals surface area contributed by atoms with Crippen molar-refractivity contribution in [3.63, 3.8) is 0 Å². The van der Waals surface area contributed by atoms with Crippen molar-refractivity contribution in [2.45, 2.75) is 58.1 Å². The van der Waals surface area contributed by atoms with E-state index >= 15 is 0 Å². The second kappa shape index (κ2) is 10.9. The maximum absolute atomic E-state index is 11.7. The van der Waals surface area contributed by atoms with E-state index in [1.54, 1.807) is 0 Å². The first-order valence-corrected chi connectivity index (χ1v) is 9.13. The lowest BCUT2D eigenvalue weighted by atomic mass is 9.98. The highest BCUT2D eigenvalue weighted by molar-refractivity contribution is 5.67. The topological polar surface area (TPSA) is 107 Å². The quantitative estimate of drug-likeness (QED) is 0.464. The normalized spacial score (nSPS) is 26.4. The van der Waals surface area contributed by atoms with E-state index in [1.165, 1.54) is 27.9 Å². The summed E-state index contributed by atoms with van der Waals surface area (Å²) >= 11 is 0. The minimum atomic E-state index is -1.01. The Bertz CT molecular complexity index is 690. The van der Waals surface area contributed by atoms with E-state index in [0.717, 1.165) is 5.56 Å². The molecule has 1 aliphatic rings. The first kappa shape index (κ1) is 22.8. The fraction of sp³-hybridized carbons (Fsp3) is 0.550. The fourth-order valence-corrected chi connectivity index (χ4v) is 3.01. The van der Waals surface area contributed by atoms with Crippen LogP contribution in [0.4, 0.5) is 0 Å². The van der Waals surface area contributed by atoms with Crippen molar-refractivity contribution in [1.29, 1.82) is 0 Å². The summed E-state index contributed by atoms with van der Waals surface area (Å²) in [5, 5.41) is 0. The van der Waals surface area contributed by atoms with Gasteiger partial charge < -0.3 is 28.4 Å². The van der Waals surface area contributed by atoms with Crippen molar-refractivity contribution in [3.05, 3.63) is 35.9 Å². The number of rotatable bonds is 8. The molecule has 9 nitrogen and oxygen atoms in total. The lowest BCUT2D eigenvalue weighted by Crippen LogP contribution is -2.62. The van der Waals surface area contributed by atoms with Crippen LogP contribution in [0.2, 0.25) is 0 Å². The molecule has 1 saturated heterocycles. The van der Waals surface area contributed by atoms with E-state index in [0.29, 0.717) is 0 Å². The van der Waals surface area contributed by atoms with Gasteiger partial charge >= 0.3 is 17.9 Å². The summed E-state index contributed by atoms with van der Waals surface area (Å²) in [5.41, 5.74) is 0.868. The molecule has 0 spiro atoms. The van der Waals surface area contributed by atoms with Gasteiger partial charge in [0.05, 0.1) is 6.61 Å². The Labute approximate surface area is 169 Å². The van der Waals surface area contributed by atoms with Crippen molar-refractivity contribution in [2.75, 3.05) is 13.7 Å². The maximum atomic E-state index is 11.7. The van der Waals surface area contributed by atoms with E-state index in [-0.39, 0.29) is 13.2 Å². The third kappa shape index (κ3) is 6.81. The molecule has 1 aromatic rings. The summed E-state index contributed by atoms with van der Waals surface area (Å²) in [6, 6.07) is 9.32. The molecule has 0 radical (unpaired) electrons. The van der Waals surface area contributed by atoms with Crippen LogP contribution in [0.1, 0.15) is 26.3 Å². The highest BCUT2D eigenvalue weighted by Crippen LogP contribution is 2.30. The number of methoxy groups -OCH3 is 1. The van der Waals surface area contributed by atoms with Gasteiger partial charge in [-0.3, -0.25) is 14.4 Å². The molecule has 0 aromatic heterocycles. The first-order chi connectivity index (χ1) is 13.8. The number of benzene rings is 1. The summed E-state index contributed by atoms with van der Waals surface area (Å²) < 4.78 is 32.9. The summed E-state index contributed by atoms with van der Waals surface area (Å²) in [6.07, 6.45) is -4.79. The highest BCUT2D eigenvalue weighted by Gasteiger charge is 2.51. The van der Waals surface area contributed by atoms with Crippen molar-refractivity contribution >= 4 is 17.9 Å². The van der Waals surface area contributed by atoms with Crippen LogP contribution in [-0.4, -0.2) is 62.3 Å². The molecule has 0 saturated carbocycles. The molecular weight excluding hydrogens is 384 g/mol. The highest BCUT2D eigenvalue weighted by atomic mass is 16.7. The molecule has 29 heavy (non-hydrogen) atoms. The standard InChI is InChI=1S/C20H26O9/c1-12(21)25-11-16-17(27-13(2)22)18(26-10-15-8-6-5-7-9-15)19(28-14(3)23)20(24-4)29-16/h5-9,16-20H,10-11H2,1-4H3/t16-,17+,18+,19-,20-/m1/s1. The Balaban J connectivity index is 2.31. The summed E-state index contributed by atoms with van der Waals surface area (Å²) in [7, 11) is 1.38. The molecule has 0 amide bonds. The van der Waals surface area contributed by atoms with Crippen molar-refractivity contribution in [1.82, 2.24) is 0 Å². The van der Waals surface area contributed by atoms with Crippen LogP contribution in [-0.2, 0) is 49.4 Å². The summed E-state index contributed by atoms with van der Waals surface area (Å²) in [6.45, 7) is 3.71. The van der Waals surface area contributed by atoms with Crippen LogP contribution in [0.3, 0.4) is 0 Å². The average molecular weight is 410 g/mol. The predicted octanol–water partition coefficient (Wildman–Crippen LogP) is 1.37. The third-order valence-corrected chi connectivity index (χ3v) is 4.16. The Morgan fingerprint density at radius 3 is 2.07 bits per heavy atom. The van der Waals surface area contributed by atoms with Gasteiger partial charge in [0, 0.05) is 27.9 Å². The van der Waals surface area contributed by atoms with E-state index < -0.39 is 48.6 Å². The van der Waals surface area contributed by atoms with Crippen LogP contribution in [0.15, 0.2) is 30.3 Å². The molecule has 0 unspecified atom stereocenters. The van der Waals surface area contributed by atoms with E-state index in [9.17, 15) is 14.4 Å². The second-order valence-electron chi connectivity index (χ2n) is 6.49. The van der Waals surface area contributed by atoms with Gasteiger partial charge in [0.1, 0.15) is 18.8 Å². The molecule has 2 rings (SSSR count). The van der Waals surface area contributed by atoms with E-state index in [4.69, 9.17) is 28.4 Å². The Morgan fingerprint density at radius 2 is 1.52 bits per heavy atom. The van der Waals surface area contributed by atoms with Gasteiger partial charge in [0.15, 0.2) is 18.5 Å². The monoisotopic (exact) mass is 410 g/mol. The van der Waals surface area contributed by atoms with Gasteiger partial charge in [-0.05, 0) is 5.56 Å². The zero-order valence-corrected chi connectivity index (χ0v) is 16.9. The van der Waals surface area contributed by atoms with Crippen LogP contribution in [0.25, 0.3) is 0 Å². The van der Waals surface area contributed by atoms with Gasteiger partial charge in [-0.2, -0.15) is 0 Å². The SMILES string of the molecule is CO[C@@H]1O[C@H](COC(C)=O)[C@H](OC(C)=O)[C@H](OCc2ccccc2)[C@H]1OC(C)=O. The zero-order chi connectivity index (χ0) is 21.4. The minimum absolute atomic E-state index is 0.164. The van der Waals surface area contributed by atoms with Gasteiger partial charge in [-0.25, -0.2) is 0 Å². The Hall–Kier alpha value is -2.49. The minimum Gasteiger partial charge on any atom is -0.463 e. The van der Waals surface area contributed by atoms with E-state index in [2.05, 4.69) is 0 Å². The number of esters is 3. The molecule has 1 aromatic carbocycles. The fourth-order valence-electron chi connectivity index (χ4n) is 3.01. The number of carbonyl (C=O) groups excluding carboxylic acids is 3. The van der Waals surface area contributed by atoms with Crippen LogP contribution in [0, 0.1) is 0 Å². The largest absolute Gasteiger partial charge is 0.463 e. The first-order valence-electron chi connectivity index (χ1n) is 9.13. The molecule has 1 heterocycles. The lowest BCUT2D eigenvalue weighted by Gasteiger charge is -2.44. The van der Waals surface area contributed by atoms with Crippen LogP contribution < -0.4 is 0 Å². The van der Waals surface area contributed by atoms with Crippen LogP contribution in [0.5, 0.6) is 0 Å². The average Bonchev–Trinajstić information content (AvgIpc) is 2.66. The molecule has 9 heteroatoms. The number of hydrogen-bond acceptors (Lipinski definition) is 9. The molecule has 5 atom stereocenters. The third-order valence-electron chi connectivity index (χ3n) is 4.16. The van der Waals surface area contributed by atoms with Crippen molar-refractivity contribution in [2.24, 2.45) is 0 Å². The Kier molecular flexibility index (Phi) is 8.56. The zero-order valence-electron chi connectivity index (χ0n) is 16.9. The van der Waals surface area contributed by atoms with Gasteiger partial charge in [0.2, 0.25) is 0 Å². The molecular formula is C20H26O9. The molecule has 0 bridgehead atoms. The van der Waals surface area contributed by atoms with Crippen molar-refractivity contribution in [3.8, 4) is 0 Å². The number of ether oxygens (including phenoxy) is 6. The van der Waals surface area contributed by atoms with Gasteiger partial charge in [-0.1, -0.05) is 30.3 Å². The molecule has 1 fully saturated rings. The predicted molar refractivity (Wildman–Crippen MR) is 98.4 cm³/mol. The molecule has 0 N–H and O–H groups in total. The summed E-state index contributed by atoms with van der Waals surface area (Å²) in [4.78, 5) is 34.6. The number of hydrogen-bond donors (Lipinski definition) is 0. The lowest BCUT2D eigenvalue weighted by molar-refractivity contribution is -0.308. The molecule has 1 aliphatic heterocycles. The van der Waals surface area contributed by atoms with E-state index in [1.807, 2.05) is 30.3 Å². The smallest absolute Gasteiger partial charge is 0.303 e.